The van der Waals surface area contributed by atoms with Crippen molar-refractivity contribution in [1.29, 1.82) is 0 Å². The van der Waals surface area contributed by atoms with Gasteiger partial charge in [0.1, 0.15) is 5.75 Å². The maximum atomic E-state index is 10.8. The molecule has 2 rings (SSSR count). The molecule has 0 unspecified atom stereocenters. The average Bonchev–Trinajstić information content (AvgIpc) is 2.35. The fourth-order valence-corrected chi connectivity index (χ4v) is 1.63. The third kappa shape index (κ3) is 2.24. The first kappa shape index (κ1) is 11.9. The van der Waals surface area contributed by atoms with E-state index in [-0.39, 0.29) is 5.75 Å². The van der Waals surface area contributed by atoms with Crippen LogP contribution in [0.1, 0.15) is 0 Å². The maximum Gasteiger partial charge on any atom is 0.356 e. The Hall–Kier alpha value is -2.56. The van der Waals surface area contributed by atoms with Crippen LogP contribution in [0.4, 0.5) is 0 Å². The van der Waals surface area contributed by atoms with Crippen molar-refractivity contribution in [3.63, 3.8) is 0 Å². The number of aliphatic carboxylic acids is 2. The molecule has 0 saturated heterocycles. The first-order valence-corrected chi connectivity index (χ1v) is 5.19. The first-order chi connectivity index (χ1) is 8.59. The molecule has 5 nitrogen and oxygen atoms in total. The smallest absolute Gasteiger partial charge is 0.356 e. The Kier molecular flexibility index (Phi) is 3.14. The van der Waals surface area contributed by atoms with Crippen molar-refractivity contribution in [3.8, 4) is 5.75 Å². The molecule has 0 atom stereocenters. The Labute approximate surface area is 102 Å². The van der Waals surface area contributed by atoms with Crippen LogP contribution < -0.4 is 4.74 Å². The van der Waals surface area contributed by atoms with Gasteiger partial charge in [-0.05, 0) is 11.5 Å². The van der Waals surface area contributed by atoms with Crippen LogP contribution >= 0.6 is 0 Å². The zero-order chi connectivity index (χ0) is 13.1. The SMILES string of the molecule is O=C(O)C(Oc1cccc2ccccc12)C(=O)O. The lowest BCUT2D eigenvalue weighted by molar-refractivity contribution is -0.158. The van der Waals surface area contributed by atoms with Crippen LogP contribution in [0.2, 0.25) is 0 Å². The number of carboxylic acid groups (broad SMARTS) is 2. The number of fused-ring (bicyclic) bond motifs is 1. The zero-order valence-corrected chi connectivity index (χ0v) is 9.24. The highest BCUT2D eigenvalue weighted by Crippen LogP contribution is 2.26. The van der Waals surface area contributed by atoms with Gasteiger partial charge in [-0.3, -0.25) is 0 Å². The topological polar surface area (TPSA) is 83.8 Å². The second kappa shape index (κ2) is 4.75. The summed E-state index contributed by atoms with van der Waals surface area (Å²) in [5, 5.41) is 19.1. The predicted octanol–water partition coefficient (Wildman–Crippen LogP) is 1.76. The quantitative estimate of drug-likeness (QED) is 0.803. The number of hydrogen-bond acceptors (Lipinski definition) is 3. The van der Waals surface area contributed by atoms with Gasteiger partial charge in [0, 0.05) is 5.39 Å². The van der Waals surface area contributed by atoms with Crippen molar-refractivity contribution >= 4 is 22.7 Å². The van der Waals surface area contributed by atoms with E-state index in [1.54, 1.807) is 24.3 Å². The van der Waals surface area contributed by atoms with E-state index < -0.39 is 18.0 Å². The lowest BCUT2D eigenvalue weighted by Crippen LogP contribution is -2.35. The van der Waals surface area contributed by atoms with E-state index in [2.05, 4.69) is 0 Å². The minimum atomic E-state index is -1.91. The molecule has 0 aliphatic heterocycles. The van der Waals surface area contributed by atoms with Gasteiger partial charge in [-0.2, -0.15) is 0 Å². The Morgan fingerprint density at radius 2 is 1.56 bits per heavy atom. The van der Waals surface area contributed by atoms with E-state index in [0.717, 1.165) is 5.39 Å². The second-order valence-corrected chi connectivity index (χ2v) is 3.65. The van der Waals surface area contributed by atoms with Crippen molar-refractivity contribution in [2.75, 3.05) is 0 Å². The van der Waals surface area contributed by atoms with Gasteiger partial charge in [0.15, 0.2) is 0 Å². The summed E-state index contributed by atoms with van der Waals surface area (Å²) in [6, 6.07) is 12.2. The molecule has 92 valence electrons. The molecule has 2 aromatic carbocycles. The Bertz CT molecular complexity index is 586. The average molecular weight is 246 g/mol. The summed E-state index contributed by atoms with van der Waals surface area (Å²) in [6.07, 6.45) is -1.91. The number of benzene rings is 2. The highest BCUT2D eigenvalue weighted by Gasteiger charge is 2.28. The predicted molar refractivity (Wildman–Crippen MR) is 63.6 cm³/mol. The van der Waals surface area contributed by atoms with Gasteiger partial charge in [-0.1, -0.05) is 36.4 Å². The van der Waals surface area contributed by atoms with Crippen LogP contribution in [-0.4, -0.2) is 28.3 Å². The summed E-state index contributed by atoms with van der Waals surface area (Å²) in [7, 11) is 0. The summed E-state index contributed by atoms with van der Waals surface area (Å²) in [6.45, 7) is 0. The molecule has 0 fully saturated rings. The number of carboxylic acids is 2. The highest BCUT2D eigenvalue weighted by atomic mass is 16.5. The molecule has 0 amide bonds. The molecular formula is C13H10O5. The summed E-state index contributed by atoms with van der Waals surface area (Å²) >= 11 is 0. The van der Waals surface area contributed by atoms with Gasteiger partial charge in [0.05, 0.1) is 0 Å². The standard InChI is InChI=1S/C13H10O5/c14-12(15)11(13(16)17)18-10-7-3-5-8-4-1-2-6-9(8)10/h1-7,11H,(H,14,15)(H,16,17). The molecule has 2 aromatic rings. The molecule has 0 bridgehead atoms. The number of ether oxygens (including phenoxy) is 1. The van der Waals surface area contributed by atoms with Crippen molar-refractivity contribution in [1.82, 2.24) is 0 Å². The molecule has 2 N–H and O–H groups in total. The fourth-order valence-electron chi connectivity index (χ4n) is 1.63. The fraction of sp³-hybridized carbons (Fsp3) is 0.0769. The molecule has 0 aliphatic carbocycles. The van der Waals surface area contributed by atoms with Crippen LogP contribution in [0.5, 0.6) is 5.75 Å². The minimum absolute atomic E-state index is 0.239. The Morgan fingerprint density at radius 1 is 0.944 bits per heavy atom. The van der Waals surface area contributed by atoms with E-state index in [4.69, 9.17) is 14.9 Å². The third-order valence-electron chi connectivity index (χ3n) is 2.44. The highest BCUT2D eigenvalue weighted by molar-refractivity contribution is 5.97. The molecule has 0 spiro atoms. The lowest BCUT2D eigenvalue weighted by atomic mass is 10.1. The molecular weight excluding hydrogens is 236 g/mol. The second-order valence-electron chi connectivity index (χ2n) is 3.65. The van der Waals surface area contributed by atoms with Gasteiger partial charge < -0.3 is 14.9 Å². The minimum Gasteiger partial charge on any atom is -0.478 e. The summed E-state index contributed by atoms with van der Waals surface area (Å²) in [4.78, 5) is 21.6. The van der Waals surface area contributed by atoms with Crippen LogP contribution in [0.3, 0.4) is 0 Å². The molecule has 0 aromatic heterocycles. The normalized spacial score (nSPS) is 10.5. The van der Waals surface area contributed by atoms with Crippen molar-refractivity contribution in [3.05, 3.63) is 42.5 Å². The lowest BCUT2D eigenvalue weighted by Gasteiger charge is -2.12. The Morgan fingerprint density at radius 3 is 2.22 bits per heavy atom. The van der Waals surface area contributed by atoms with E-state index in [1.165, 1.54) is 0 Å². The first-order valence-electron chi connectivity index (χ1n) is 5.19. The van der Waals surface area contributed by atoms with Gasteiger partial charge in [-0.15, -0.1) is 0 Å². The molecule has 0 radical (unpaired) electrons. The van der Waals surface area contributed by atoms with Crippen molar-refractivity contribution in [2.45, 2.75) is 6.10 Å². The largest absolute Gasteiger partial charge is 0.478 e. The monoisotopic (exact) mass is 246 g/mol. The van der Waals surface area contributed by atoms with E-state index in [9.17, 15) is 9.59 Å². The summed E-state index contributed by atoms with van der Waals surface area (Å²) in [5.41, 5.74) is 0. The van der Waals surface area contributed by atoms with Gasteiger partial charge >= 0.3 is 11.9 Å². The zero-order valence-electron chi connectivity index (χ0n) is 9.24. The van der Waals surface area contributed by atoms with E-state index >= 15 is 0 Å². The molecule has 0 aliphatic rings. The molecule has 5 heteroatoms. The van der Waals surface area contributed by atoms with Crippen molar-refractivity contribution < 1.29 is 24.5 Å². The Balaban J connectivity index is 2.42. The van der Waals surface area contributed by atoms with Crippen LogP contribution in [0.25, 0.3) is 10.8 Å². The van der Waals surface area contributed by atoms with E-state index in [0.29, 0.717) is 5.39 Å². The number of hydrogen-bond donors (Lipinski definition) is 2. The van der Waals surface area contributed by atoms with Gasteiger partial charge in [0.25, 0.3) is 6.10 Å². The van der Waals surface area contributed by atoms with Gasteiger partial charge in [0.2, 0.25) is 0 Å². The van der Waals surface area contributed by atoms with Crippen molar-refractivity contribution in [2.24, 2.45) is 0 Å². The molecule has 0 saturated carbocycles. The van der Waals surface area contributed by atoms with Crippen LogP contribution in [-0.2, 0) is 9.59 Å². The van der Waals surface area contributed by atoms with E-state index in [1.807, 2.05) is 18.2 Å². The number of rotatable bonds is 4. The summed E-state index contributed by atoms with van der Waals surface area (Å²) in [5.74, 6) is -2.83. The maximum absolute atomic E-state index is 10.8. The summed E-state index contributed by atoms with van der Waals surface area (Å²) < 4.78 is 5.05. The van der Waals surface area contributed by atoms with Crippen LogP contribution in [0, 0.1) is 0 Å². The van der Waals surface area contributed by atoms with Crippen LogP contribution in [0.15, 0.2) is 42.5 Å². The molecule has 18 heavy (non-hydrogen) atoms. The van der Waals surface area contributed by atoms with Gasteiger partial charge in [-0.25, -0.2) is 9.59 Å². The third-order valence-corrected chi connectivity index (χ3v) is 2.44. The number of carbonyl (C=O) groups is 2. The molecule has 0 heterocycles.